The van der Waals surface area contributed by atoms with Gasteiger partial charge in [-0.3, -0.25) is 0 Å². The van der Waals surface area contributed by atoms with Gasteiger partial charge in [-0.05, 0) is 17.4 Å². The molecule has 56 valence electrons. The average Bonchev–Trinajstić information content (AvgIpc) is 1.66. The molecule has 0 amide bonds. The van der Waals surface area contributed by atoms with Crippen LogP contribution in [0.5, 0.6) is 0 Å². The average molecular weight is 191 g/mol. The standard InChI is InChI=1S/C5H11O2P.Fe/c1-2-3-4-5-8(6)7;/h2-5H2,1H3;/p+1. The van der Waals surface area contributed by atoms with Crippen molar-refractivity contribution in [2.45, 2.75) is 26.2 Å². The summed E-state index contributed by atoms with van der Waals surface area (Å²) in [6.07, 6.45) is 3.55. The number of hydrogen-bond acceptors (Lipinski definition) is 1. The Bertz CT molecular complexity index is 77.4. The van der Waals surface area contributed by atoms with E-state index in [1.807, 2.05) is 0 Å². The van der Waals surface area contributed by atoms with Gasteiger partial charge in [0.05, 0.1) is 0 Å². The van der Waals surface area contributed by atoms with Crippen LogP contribution in [-0.4, -0.2) is 11.1 Å². The molecule has 0 heterocycles. The van der Waals surface area contributed by atoms with Gasteiger partial charge in [0.25, 0.3) is 0 Å². The van der Waals surface area contributed by atoms with Crippen molar-refractivity contribution in [1.29, 1.82) is 0 Å². The van der Waals surface area contributed by atoms with Crippen LogP contribution in [0.25, 0.3) is 0 Å². The molecule has 0 aromatic carbocycles. The van der Waals surface area contributed by atoms with E-state index in [2.05, 4.69) is 6.92 Å². The molecule has 1 N–H and O–H groups in total. The fourth-order valence-corrected chi connectivity index (χ4v) is 0.991. The van der Waals surface area contributed by atoms with Crippen LogP contribution >= 0.6 is 8.03 Å². The molecule has 2 nitrogen and oxygen atoms in total. The molecular weight excluding hydrogens is 179 g/mol. The Kier molecular flexibility index (Phi) is 11.7. The molecule has 0 fully saturated rings. The SMILES string of the molecule is CCCCC[P+](=O)O.[Fe]. The van der Waals surface area contributed by atoms with Crippen molar-refractivity contribution in [2.24, 2.45) is 0 Å². The van der Waals surface area contributed by atoms with Crippen LogP contribution in [0.3, 0.4) is 0 Å². The number of rotatable bonds is 4. The van der Waals surface area contributed by atoms with E-state index in [0.717, 1.165) is 19.3 Å². The maximum atomic E-state index is 10.0. The maximum Gasteiger partial charge on any atom is 0.505 e. The molecule has 0 aromatic rings. The van der Waals surface area contributed by atoms with Gasteiger partial charge in [-0.25, -0.2) is 0 Å². The quantitative estimate of drug-likeness (QED) is 0.418. The monoisotopic (exact) mass is 191 g/mol. The molecule has 0 radical (unpaired) electrons. The Balaban J connectivity index is 0. The molecule has 0 spiro atoms. The molecule has 1 unspecified atom stereocenters. The van der Waals surface area contributed by atoms with Crippen molar-refractivity contribution in [3.8, 4) is 0 Å². The van der Waals surface area contributed by atoms with E-state index in [0.29, 0.717) is 6.16 Å². The van der Waals surface area contributed by atoms with Crippen molar-refractivity contribution in [3.63, 3.8) is 0 Å². The minimum atomic E-state index is -1.86. The van der Waals surface area contributed by atoms with E-state index >= 15 is 0 Å². The maximum absolute atomic E-state index is 10.0. The molecule has 0 aliphatic heterocycles. The second-order valence-electron chi connectivity index (χ2n) is 1.78. The normalized spacial score (nSPS) is 10.2. The minimum Gasteiger partial charge on any atom is -0.161 e. The first-order chi connectivity index (χ1) is 3.77. The first-order valence-electron chi connectivity index (χ1n) is 2.91. The van der Waals surface area contributed by atoms with Gasteiger partial charge in [0.2, 0.25) is 0 Å². The Morgan fingerprint density at radius 1 is 1.44 bits per heavy atom. The van der Waals surface area contributed by atoms with E-state index in [-0.39, 0.29) is 17.1 Å². The van der Waals surface area contributed by atoms with Gasteiger partial charge in [0.1, 0.15) is 0 Å². The number of hydrogen-bond donors (Lipinski definition) is 1. The molecule has 0 aliphatic carbocycles. The Labute approximate surface area is 67.4 Å². The summed E-state index contributed by atoms with van der Waals surface area (Å²) in [5, 5.41) is 0. The molecule has 0 aliphatic rings. The molecule has 0 rings (SSSR count). The van der Waals surface area contributed by atoms with E-state index in [1.165, 1.54) is 0 Å². The van der Waals surface area contributed by atoms with Crippen LogP contribution in [0.2, 0.25) is 0 Å². The van der Waals surface area contributed by atoms with Crippen molar-refractivity contribution < 1.29 is 26.5 Å². The molecule has 0 bridgehead atoms. The molecule has 0 aromatic heterocycles. The first kappa shape index (κ1) is 12.3. The summed E-state index contributed by atoms with van der Waals surface area (Å²) in [5.74, 6) is 0. The Morgan fingerprint density at radius 2 is 2.00 bits per heavy atom. The fraction of sp³-hybridized carbons (Fsp3) is 1.00. The van der Waals surface area contributed by atoms with Crippen LogP contribution in [-0.2, 0) is 21.6 Å². The van der Waals surface area contributed by atoms with Gasteiger partial charge >= 0.3 is 8.03 Å². The summed E-state index contributed by atoms with van der Waals surface area (Å²) in [6, 6.07) is 0. The van der Waals surface area contributed by atoms with Crippen LogP contribution in [0, 0.1) is 0 Å². The third-order valence-corrected chi connectivity index (χ3v) is 1.65. The summed E-state index contributed by atoms with van der Waals surface area (Å²) in [4.78, 5) is 8.29. The van der Waals surface area contributed by atoms with Crippen molar-refractivity contribution >= 4 is 8.03 Å². The van der Waals surface area contributed by atoms with Crippen molar-refractivity contribution in [3.05, 3.63) is 0 Å². The topological polar surface area (TPSA) is 37.3 Å². The van der Waals surface area contributed by atoms with Gasteiger partial charge in [-0.2, -0.15) is 4.89 Å². The van der Waals surface area contributed by atoms with Crippen molar-refractivity contribution in [2.75, 3.05) is 6.16 Å². The molecule has 0 saturated heterocycles. The van der Waals surface area contributed by atoms with Crippen LogP contribution in [0.4, 0.5) is 0 Å². The number of unbranched alkanes of at least 4 members (excludes halogenated alkanes) is 2. The second-order valence-corrected chi connectivity index (χ2v) is 2.93. The van der Waals surface area contributed by atoms with Crippen LogP contribution in [0.15, 0.2) is 0 Å². The Hall–Kier alpha value is 0.579. The van der Waals surface area contributed by atoms with E-state index in [9.17, 15) is 4.57 Å². The third kappa shape index (κ3) is 11.9. The predicted octanol–water partition coefficient (Wildman–Crippen LogP) is 1.91. The van der Waals surface area contributed by atoms with Gasteiger partial charge in [0.15, 0.2) is 6.16 Å². The van der Waals surface area contributed by atoms with Gasteiger partial charge in [-0.15, -0.1) is 0 Å². The summed E-state index contributed by atoms with van der Waals surface area (Å²) in [6.45, 7) is 2.07. The first-order valence-corrected chi connectivity index (χ1v) is 4.30. The predicted molar refractivity (Wildman–Crippen MR) is 34.2 cm³/mol. The molecule has 9 heavy (non-hydrogen) atoms. The molecule has 4 heteroatoms. The zero-order valence-corrected chi connectivity index (χ0v) is 7.48. The Morgan fingerprint density at radius 3 is 2.33 bits per heavy atom. The van der Waals surface area contributed by atoms with E-state index < -0.39 is 8.03 Å². The summed E-state index contributed by atoms with van der Waals surface area (Å²) < 4.78 is 10.0. The zero-order chi connectivity index (χ0) is 6.41. The minimum absolute atomic E-state index is 0. The van der Waals surface area contributed by atoms with Crippen LogP contribution in [0.1, 0.15) is 26.2 Å². The smallest absolute Gasteiger partial charge is 0.161 e. The fourth-order valence-electron chi connectivity index (χ4n) is 0.497. The van der Waals surface area contributed by atoms with E-state index in [4.69, 9.17) is 4.89 Å². The van der Waals surface area contributed by atoms with Crippen LogP contribution < -0.4 is 0 Å². The van der Waals surface area contributed by atoms with E-state index in [1.54, 1.807) is 0 Å². The summed E-state index contributed by atoms with van der Waals surface area (Å²) in [7, 11) is -1.86. The van der Waals surface area contributed by atoms with Crippen molar-refractivity contribution in [1.82, 2.24) is 0 Å². The largest absolute Gasteiger partial charge is 0.505 e. The summed E-state index contributed by atoms with van der Waals surface area (Å²) >= 11 is 0. The molecule has 0 saturated carbocycles. The van der Waals surface area contributed by atoms with Gasteiger partial charge in [-0.1, -0.05) is 13.3 Å². The second kappa shape index (κ2) is 8.58. The molecule has 1 atom stereocenters. The van der Waals surface area contributed by atoms with Gasteiger partial charge < -0.3 is 0 Å². The zero-order valence-electron chi connectivity index (χ0n) is 5.48. The van der Waals surface area contributed by atoms with Gasteiger partial charge in [0, 0.05) is 17.1 Å². The summed E-state index contributed by atoms with van der Waals surface area (Å²) in [5.41, 5.74) is 0. The third-order valence-electron chi connectivity index (χ3n) is 0.953. The molecular formula is C5H12FeO2P+.